The van der Waals surface area contributed by atoms with Gasteiger partial charge in [0.25, 0.3) is 0 Å². The van der Waals surface area contributed by atoms with E-state index in [1.165, 1.54) is 0 Å². The van der Waals surface area contributed by atoms with E-state index in [1.54, 1.807) is 72.8 Å². The minimum atomic E-state index is -1.20. The SMILES string of the molecule is C=C(CC(COc1ccccc1)OC(=O)NCc1cccc(CNC(=O)OC(COc2ccccc2)CC(=C)C(=O)O)c1)C(=O)O. The number of carbonyl (C=O) groups is 4. The van der Waals surface area contributed by atoms with Gasteiger partial charge in [-0.25, -0.2) is 19.2 Å². The fourth-order valence-corrected chi connectivity index (χ4v) is 3.99. The Hall–Kier alpha value is -5.78. The standard InChI is InChI=1S/C34H36N2O10/c1-23(31(37)38)16-29(21-43-27-12-5-3-6-13-27)45-33(41)35-19-25-10-9-11-26(18-25)20-36-34(42)46-30(17-24(2)32(39)40)22-44-28-14-7-4-8-15-28/h3-15,18,29-30H,1-2,16-17,19-22H2,(H,35,41)(H,36,42)(H,37,38)(H,39,40). The second kappa shape index (κ2) is 18.1. The summed E-state index contributed by atoms with van der Waals surface area (Å²) >= 11 is 0. The lowest BCUT2D eigenvalue weighted by molar-refractivity contribution is -0.134. The zero-order valence-corrected chi connectivity index (χ0v) is 25.1. The second-order valence-corrected chi connectivity index (χ2v) is 10.1. The van der Waals surface area contributed by atoms with E-state index in [1.807, 2.05) is 12.1 Å². The van der Waals surface area contributed by atoms with Gasteiger partial charge in [0.15, 0.2) is 0 Å². The summed E-state index contributed by atoms with van der Waals surface area (Å²) in [5, 5.41) is 23.7. The highest BCUT2D eigenvalue weighted by molar-refractivity contribution is 5.86. The molecule has 242 valence electrons. The van der Waals surface area contributed by atoms with Crippen molar-refractivity contribution >= 4 is 24.1 Å². The predicted molar refractivity (Wildman–Crippen MR) is 167 cm³/mol. The van der Waals surface area contributed by atoms with E-state index in [0.717, 1.165) is 0 Å². The third-order valence-corrected chi connectivity index (χ3v) is 6.32. The first-order valence-corrected chi connectivity index (χ1v) is 14.2. The van der Waals surface area contributed by atoms with Crippen LogP contribution < -0.4 is 20.1 Å². The molecule has 46 heavy (non-hydrogen) atoms. The van der Waals surface area contributed by atoms with Crippen LogP contribution in [0.5, 0.6) is 11.5 Å². The van der Waals surface area contributed by atoms with Crippen molar-refractivity contribution in [2.75, 3.05) is 13.2 Å². The fraction of sp³-hybridized carbons (Fsp3) is 0.235. The summed E-state index contributed by atoms with van der Waals surface area (Å²) in [6.07, 6.45) is -3.62. The van der Waals surface area contributed by atoms with E-state index in [4.69, 9.17) is 18.9 Å². The Morgan fingerprint density at radius 3 is 1.37 bits per heavy atom. The molecule has 12 nitrogen and oxygen atoms in total. The average molecular weight is 633 g/mol. The normalized spacial score (nSPS) is 11.7. The fourth-order valence-electron chi connectivity index (χ4n) is 3.99. The van der Waals surface area contributed by atoms with Gasteiger partial charge >= 0.3 is 24.1 Å². The molecule has 0 aliphatic heterocycles. The minimum Gasteiger partial charge on any atom is -0.490 e. The molecule has 12 heteroatoms. The Morgan fingerprint density at radius 2 is 1.00 bits per heavy atom. The number of aliphatic carboxylic acids is 2. The Kier molecular flexibility index (Phi) is 13.7. The molecule has 3 aromatic carbocycles. The molecule has 0 bridgehead atoms. The maximum Gasteiger partial charge on any atom is 0.407 e. The van der Waals surface area contributed by atoms with Gasteiger partial charge in [0.1, 0.15) is 36.9 Å². The van der Waals surface area contributed by atoms with Gasteiger partial charge in [-0.05, 0) is 35.4 Å². The molecular formula is C34H36N2O10. The molecule has 0 saturated heterocycles. The first-order chi connectivity index (χ1) is 22.1. The summed E-state index contributed by atoms with van der Waals surface area (Å²) in [5.41, 5.74) is 1.14. The predicted octanol–water partition coefficient (Wildman–Crippen LogP) is 5.10. The average Bonchev–Trinajstić information content (AvgIpc) is 3.05. The molecule has 4 N–H and O–H groups in total. The Labute approximate surface area is 266 Å². The van der Waals surface area contributed by atoms with Crippen LogP contribution in [0.4, 0.5) is 9.59 Å². The number of rotatable bonds is 18. The second-order valence-electron chi connectivity index (χ2n) is 10.1. The van der Waals surface area contributed by atoms with Crippen LogP contribution in [0, 0.1) is 0 Å². The van der Waals surface area contributed by atoms with Crippen molar-refractivity contribution in [1.82, 2.24) is 10.6 Å². The number of carboxylic acids is 2. The van der Waals surface area contributed by atoms with Crippen LogP contribution in [0.15, 0.2) is 109 Å². The molecule has 2 atom stereocenters. The van der Waals surface area contributed by atoms with Crippen molar-refractivity contribution in [1.29, 1.82) is 0 Å². The third kappa shape index (κ3) is 12.8. The smallest absolute Gasteiger partial charge is 0.407 e. The van der Waals surface area contributed by atoms with Gasteiger partial charge in [-0.15, -0.1) is 0 Å². The summed E-state index contributed by atoms with van der Waals surface area (Å²) in [5.74, 6) is -1.34. The number of nitrogens with one attached hydrogen (secondary N) is 2. The number of ether oxygens (including phenoxy) is 4. The summed E-state index contributed by atoms with van der Waals surface area (Å²) in [6, 6.07) is 24.7. The van der Waals surface area contributed by atoms with Gasteiger partial charge in [-0.1, -0.05) is 73.8 Å². The number of benzene rings is 3. The van der Waals surface area contributed by atoms with Crippen molar-refractivity contribution < 1.29 is 48.3 Å². The Morgan fingerprint density at radius 1 is 0.609 bits per heavy atom. The third-order valence-electron chi connectivity index (χ3n) is 6.32. The quantitative estimate of drug-likeness (QED) is 0.138. The van der Waals surface area contributed by atoms with Crippen LogP contribution in [0.1, 0.15) is 24.0 Å². The van der Waals surface area contributed by atoms with E-state index >= 15 is 0 Å². The van der Waals surface area contributed by atoms with Crippen molar-refractivity contribution in [3.63, 3.8) is 0 Å². The van der Waals surface area contributed by atoms with E-state index in [2.05, 4.69) is 23.8 Å². The van der Waals surface area contributed by atoms with Crippen molar-refractivity contribution in [3.05, 3.63) is 120 Å². The number of hydrogen-bond acceptors (Lipinski definition) is 8. The lowest BCUT2D eigenvalue weighted by atomic mass is 10.1. The molecule has 2 amide bonds. The highest BCUT2D eigenvalue weighted by Crippen LogP contribution is 2.15. The van der Waals surface area contributed by atoms with Gasteiger partial charge in [0.05, 0.1) is 0 Å². The lowest BCUT2D eigenvalue weighted by Crippen LogP contribution is -2.33. The molecule has 0 aromatic heterocycles. The molecule has 0 heterocycles. The molecular weight excluding hydrogens is 596 g/mol. The molecule has 0 spiro atoms. The van der Waals surface area contributed by atoms with Crippen LogP contribution >= 0.6 is 0 Å². The summed E-state index contributed by atoms with van der Waals surface area (Å²) in [7, 11) is 0. The molecule has 2 unspecified atom stereocenters. The number of alkyl carbamates (subject to hydrolysis) is 2. The van der Waals surface area contributed by atoms with Crippen molar-refractivity contribution in [2.45, 2.75) is 38.1 Å². The maximum absolute atomic E-state index is 12.6. The first kappa shape index (κ1) is 34.7. The zero-order chi connectivity index (χ0) is 33.3. The summed E-state index contributed by atoms with van der Waals surface area (Å²) < 4.78 is 22.1. The van der Waals surface area contributed by atoms with Gasteiger partial charge < -0.3 is 39.8 Å². The highest BCUT2D eigenvalue weighted by Gasteiger charge is 2.21. The van der Waals surface area contributed by atoms with Crippen molar-refractivity contribution in [3.8, 4) is 11.5 Å². The van der Waals surface area contributed by atoms with E-state index in [9.17, 15) is 29.4 Å². The van der Waals surface area contributed by atoms with Crippen LogP contribution in [-0.2, 0) is 32.2 Å². The monoisotopic (exact) mass is 632 g/mol. The van der Waals surface area contributed by atoms with Crippen LogP contribution in [-0.4, -0.2) is 59.8 Å². The topological polar surface area (TPSA) is 170 Å². The number of para-hydroxylation sites is 2. The lowest BCUT2D eigenvalue weighted by Gasteiger charge is -2.19. The largest absolute Gasteiger partial charge is 0.490 e. The maximum atomic E-state index is 12.6. The minimum absolute atomic E-state index is 0.0787. The molecule has 3 rings (SSSR count). The zero-order valence-electron chi connectivity index (χ0n) is 25.1. The first-order valence-electron chi connectivity index (χ1n) is 14.2. The number of amides is 2. The Bertz CT molecular complexity index is 1390. The van der Waals surface area contributed by atoms with E-state index in [-0.39, 0.29) is 50.3 Å². The van der Waals surface area contributed by atoms with Gasteiger partial charge in [0.2, 0.25) is 0 Å². The van der Waals surface area contributed by atoms with E-state index < -0.39 is 36.3 Å². The van der Waals surface area contributed by atoms with Gasteiger partial charge in [-0.2, -0.15) is 0 Å². The summed E-state index contributed by atoms with van der Waals surface area (Å²) in [4.78, 5) is 47.7. The summed E-state index contributed by atoms with van der Waals surface area (Å²) in [6.45, 7) is 7.02. The number of hydrogen-bond donors (Lipinski definition) is 4. The number of carbonyl (C=O) groups excluding carboxylic acids is 2. The Balaban J connectivity index is 1.50. The van der Waals surface area contributed by atoms with Gasteiger partial charge in [0, 0.05) is 37.1 Å². The molecule has 0 saturated carbocycles. The molecule has 0 fully saturated rings. The molecule has 0 radical (unpaired) electrons. The van der Waals surface area contributed by atoms with Crippen LogP contribution in [0.3, 0.4) is 0 Å². The number of carboxylic acid groups (broad SMARTS) is 2. The molecule has 0 aliphatic rings. The van der Waals surface area contributed by atoms with E-state index in [0.29, 0.717) is 22.6 Å². The molecule has 0 aliphatic carbocycles. The molecule has 3 aromatic rings. The van der Waals surface area contributed by atoms with Crippen LogP contribution in [0.2, 0.25) is 0 Å². The highest BCUT2D eigenvalue weighted by atomic mass is 16.6. The van der Waals surface area contributed by atoms with Gasteiger partial charge in [-0.3, -0.25) is 0 Å². The van der Waals surface area contributed by atoms with Crippen LogP contribution in [0.25, 0.3) is 0 Å². The van der Waals surface area contributed by atoms with Crippen molar-refractivity contribution in [2.24, 2.45) is 0 Å².